The SMILES string of the molecule is OC(CNC1CCCCC1)CSc1n[nH]c(-c2ccncc2)n1. The Morgan fingerprint density at radius 1 is 1.26 bits per heavy atom. The summed E-state index contributed by atoms with van der Waals surface area (Å²) in [6.07, 6.45) is 9.49. The lowest BCUT2D eigenvalue weighted by molar-refractivity contribution is 0.185. The van der Waals surface area contributed by atoms with Gasteiger partial charge in [-0.15, -0.1) is 5.10 Å². The van der Waals surface area contributed by atoms with Crippen molar-refractivity contribution < 1.29 is 5.11 Å². The number of hydrogen-bond donors (Lipinski definition) is 3. The molecule has 0 aromatic carbocycles. The first kappa shape index (κ1) is 16.4. The minimum atomic E-state index is -0.384. The van der Waals surface area contributed by atoms with E-state index in [0.29, 0.717) is 23.5 Å². The van der Waals surface area contributed by atoms with Crippen LogP contribution in [0.25, 0.3) is 11.4 Å². The third-order valence-electron chi connectivity index (χ3n) is 4.07. The van der Waals surface area contributed by atoms with E-state index in [1.165, 1.54) is 43.9 Å². The lowest BCUT2D eigenvalue weighted by Crippen LogP contribution is -2.37. The number of aliphatic hydroxyl groups is 1. The number of thioether (sulfide) groups is 1. The van der Waals surface area contributed by atoms with Crippen molar-refractivity contribution in [2.45, 2.75) is 49.4 Å². The third kappa shape index (κ3) is 5.02. The minimum absolute atomic E-state index is 0.384. The van der Waals surface area contributed by atoms with Crippen LogP contribution in [-0.4, -0.2) is 49.7 Å². The molecule has 2 heterocycles. The van der Waals surface area contributed by atoms with Crippen molar-refractivity contribution >= 4 is 11.8 Å². The van der Waals surface area contributed by atoms with E-state index < -0.39 is 0 Å². The molecular formula is C16H23N5OS. The average molecular weight is 333 g/mol. The van der Waals surface area contributed by atoms with Gasteiger partial charge in [-0.05, 0) is 25.0 Å². The van der Waals surface area contributed by atoms with Crippen LogP contribution in [0.2, 0.25) is 0 Å². The van der Waals surface area contributed by atoms with Gasteiger partial charge in [0, 0.05) is 36.3 Å². The van der Waals surface area contributed by atoms with Gasteiger partial charge < -0.3 is 10.4 Å². The topological polar surface area (TPSA) is 86.7 Å². The fraction of sp³-hybridized carbons (Fsp3) is 0.562. The predicted octanol–water partition coefficient (Wildman–Crippen LogP) is 2.24. The molecule has 124 valence electrons. The highest BCUT2D eigenvalue weighted by molar-refractivity contribution is 7.99. The first-order chi connectivity index (χ1) is 11.3. The lowest BCUT2D eigenvalue weighted by atomic mass is 9.95. The van der Waals surface area contributed by atoms with Crippen molar-refractivity contribution in [1.82, 2.24) is 25.5 Å². The lowest BCUT2D eigenvalue weighted by Gasteiger charge is -2.24. The van der Waals surface area contributed by atoms with E-state index in [4.69, 9.17) is 0 Å². The van der Waals surface area contributed by atoms with Crippen molar-refractivity contribution in [3.63, 3.8) is 0 Å². The molecule has 1 fully saturated rings. The highest BCUT2D eigenvalue weighted by Gasteiger charge is 2.15. The number of aliphatic hydroxyl groups excluding tert-OH is 1. The molecule has 0 aliphatic heterocycles. The number of nitrogens with zero attached hydrogens (tertiary/aromatic N) is 3. The number of nitrogens with one attached hydrogen (secondary N) is 2. The first-order valence-corrected chi connectivity index (χ1v) is 9.17. The van der Waals surface area contributed by atoms with Crippen LogP contribution in [0.5, 0.6) is 0 Å². The molecule has 0 amide bonds. The van der Waals surface area contributed by atoms with Gasteiger partial charge in [0.2, 0.25) is 5.16 Å². The van der Waals surface area contributed by atoms with Crippen molar-refractivity contribution in [2.75, 3.05) is 12.3 Å². The zero-order valence-electron chi connectivity index (χ0n) is 13.1. The summed E-state index contributed by atoms with van der Waals surface area (Å²) in [7, 11) is 0. The van der Waals surface area contributed by atoms with E-state index in [-0.39, 0.29) is 6.10 Å². The maximum absolute atomic E-state index is 10.1. The van der Waals surface area contributed by atoms with Crippen molar-refractivity contribution in [2.24, 2.45) is 0 Å². The quantitative estimate of drug-likeness (QED) is 0.674. The second-order valence-electron chi connectivity index (χ2n) is 5.91. The molecular weight excluding hydrogens is 310 g/mol. The van der Waals surface area contributed by atoms with E-state index >= 15 is 0 Å². The number of H-pyrrole nitrogens is 1. The second-order valence-corrected chi connectivity index (χ2v) is 6.90. The minimum Gasteiger partial charge on any atom is -0.391 e. The van der Waals surface area contributed by atoms with Crippen molar-refractivity contribution in [1.29, 1.82) is 0 Å². The van der Waals surface area contributed by atoms with E-state index in [1.54, 1.807) is 12.4 Å². The van der Waals surface area contributed by atoms with Gasteiger partial charge in [-0.3, -0.25) is 10.1 Å². The summed E-state index contributed by atoms with van der Waals surface area (Å²) in [5.41, 5.74) is 0.957. The molecule has 0 radical (unpaired) electrons. The standard InChI is InChI=1S/C16H23N5OS/c22-14(10-18-13-4-2-1-3-5-13)11-23-16-19-15(20-21-16)12-6-8-17-9-7-12/h6-9,13-14,18,22H,1-5,10-11H2,(H,19,20,21). The van der Waals surface area contributed by atoms with Gasteiger partial charge in [0.05, 0.1) is 6.10 Å². The maximum Gasteiger partial charge on any atom is 0.208 e. The van der Waals surface area contributed by atoms with Gasteiger partial charge >= 0.3 is 0 Å². The molecule has 0 saturated heterocycles. The van der Waals surface area contributed by atoms with Crippen LogP contribution in [0.3, 0.4) is 0 Å². The Morgan fingerprint density at radius 3 is 2.83 bits per heavy atom. The Bertz CT molecular complexity index is 585. The molecule has 1 atom stereocenters. The molecule has 0 bridgehead atoms. The summed E-state index contributed by atoms with van der Waals surface area (Å²) in [6, 6.07) is 4.35. The molecule has 1 aliphatic carbocycles. The summed E-state index contributed by atoms with van der Waals surface area (Å²) in [6.45, 7) is 0.638. The number of pyridine rings is 1. The summed E-state index contributed by atoms with van der Waals surface area (Å²) >= 11 is 1.47. The maximum atomic E-state index is 10.1. The van der Waals surface area contributed by atoms with Crippen molar-refractivity contribution in [3.05, 3.63) is 24.5 Å². The molecule has 7 heteroatoms. The second kappa shape index (κ2) is 8.42. The van der Waals surface area contributed by atoms with Crippen LogP contribution in [0.4, 0.5) is 0 Å². The van der Waals surface area contributed by atoms with Gasteiger partial charge in [-0.1, -0.05) is 31.0 Å². The zero-order chi connectivity index (χ0) is 15.9. The number of rotatable bonds is 7. The Kier molecular flexibility index (Phi) is 6.01. The van der Waals surface area contributed by atoms with Crippen LogP contribution in [0.15, 0.2) is 29.7 Å². The number of aromatic nitrogens is 4. The van der Waals surface area contributed by atoms with E-state index in [0.717, 1.165) is 11.4 Å². The molecule has 2 aromatic heterocycles. The summed E-state index contributed by atoms with van der Waals surface area (Å²) in [5, 5.41) is 21.4. The third-order valence-corrected chi connectivity index (χ3v) is 5.06. The number of hydrogen-bond acceptors (Lipinski definition) is 6. The molecule has 3 N–H and O–H groups in total. The monoisotopic (exact) mass is 333 g/mol. The molecule has 2 aromatic rings. The van der Waals surface area contributed by atoms with Crippen LogP contribution in [0.1, 0.15) is 32.1 Å². The summed E-state index contributed by atoms with van der Waals surface area (Å²) in [4.78, 5) is 8.43. The van der Waals surface area contributed by atoms with E-state index in [2.05, 4.69) is 25.5 Å². The zero-order valence-corrected chi connectivity index (χ0v) is 13.9. The molecule has 0 spiro atoms. The van der Waals surface area contributed by atoms with Gasteiger partial charge in [-0.25, -0.2) is 4.98 Å². The molecule has 6 nitrogen and oxygen atoms in total. The van der Waals surface area contributed by atoms with Gasteiger partial charge in [0.25, 0.3) is 0 Å². The molecule has 3 rings (SSSR count). The Labute approximate surface area is 140 Å². The molecule has 1 aliphatic rings. The van der Waals surface area contributed by atoms with E-state index in [1.807, 2.05) is 12.1 Å². The molecule has 23 heavy (non-hydrogen) atoms. The predicted molar refractivity (Wildman–Crippen MR) is 91.2 cm³/mol. The van der Waals surface area contributed by atoms with E-state index in [9.17, 15) is 5.11 Å². The van der Waals surface area contributed by atoms with Crippen molar-refractivity contribution in [3.8, 4) is 11.4 Å². The first-order valence-electron chi connectivity index (χ1n) is 8.18. The Morgan fingerprint density at radius 2 is 2.04 bits per heavy atom. The highest BCUT2D eigenvalue weighted by atomic mass is 32.2. The fourth-order valence-corrected chi connectivity index (χ4v) is 3.51. The number of aromatic amines is 1. The Hall–Kier alpha value is -1.44. The van der Waals surface area contributed by atoms with Crippen LogP contribution < -0.4 is 5.32 Å². The normalized spacial score (nSPS) is 17.3. The smallest absolute Gasteiger partial charge is 0.208 e. The van der Waals surface area contributed by atoms with Gasteiger partial charge in [0.15, 0.2) is 5.82 Å². The molecule has 1 saturated carbocycles. The van der Waals surface area contributed by atoms with Crippen LogP contribution in [-0.2, 0) is 0 Å². The van der Waals surface area contributed by atoms with Crippen LogP contribution in [0, 0.1) is 0 Å². The summed E-state index contributed by atoms with van der Waals surface area (Å²) < 4.78 is 0. The average Bonchev–Trinajstić information content (AvgIpc) is 3.09. The van der Waals surface area contributed by atoms with Crippen LogP contribution >= 0.6 is 11.8 Å². The summed E-state index contributed by atoms with van der Waals surface area (Å²) in [5.74, 6) is 1.32. The Balaban J connectivity index is 1.42. The molecule has 1 unspecified atom stereocenters. The van der Waals surface area contributed by atoms with Gasteiger partial charge in [-0.2, -0.15) is 0 Å². The largest absolute Gasteiger partial charge is 0.391 e. The fourth-order valence-electron chi connectivity index (χ4n) is 2.79. The highest BCUT2D eigenvalue weighted by Crippen LogP contribution is 2.20. The van der Waals surface area contributed by atoms with Gasteiger partial charge in [0.1, 0.15) is 0 Å².